The second-order valence-corrected chi connectivity index (χ2v) is 11.3. The molecule has 0 spiro atoms. The summed E-state index contributed by atoms with van der Waals surface area (Å²) in [5.41, 5.74) is 2.43. The maximum atomic E-state index is 13.2. The lowest BCUT2D eigenvalue weighted by Crippen LogP contribution is -2.32. The minimum absolute atomic E-state index is 0.0468. The van der Waals surface area contributed by atoms with E-state index in [2.05, 4.69) is 10.4 Å². The van der Waals surface area contributed by atoms with Gasteiger partial charge in [-0.05, 0) is 43.7 Å². The molecule has 31 heavy (non-hydrogen) atoms. The number of carbonyl (C=O) groups excluding carboxylic acids is 1. The van der Waals surface area contributed by atoms with Crippen LogP contribution in [0.4, 0.5) is 0 Å². The lowest BCUT2D eigenvalue weighted by Gasteiger charge is -2.13. The number of nitrogens with one attached hydrogen (secondary N) is 1. The van der Waals surface area contributed by atoms with Crippen molar-refractivity contribution >= 4 is 38.1 Å². The molecule has 0 bridgehead atoms. The molecule has 0 aliphatic carbocycles. The predicted molar refractivity (Wildman–Crippen MR) is 119 cm³/mol. The first-order valence-electron chi connectivity index (χ1n) is 10.5. The summed E-state index contributed by atoms with van der Waals surface area (Å²) in [4.78, 5) is 19.0. The molecule has 3 aromatic rings. The Morgan fingerprint density at radius 3 is 2.94 bits per heavy atom. The highest BCUT2D eigenvalue weighted by atomic mass is 32.2. The standard InChI is InChI=1S/C21H24N4O4S2/c1-13-19-16(21(26)22-11-15-4-2-7-29-15)10-17(18-5-3-8-30-18)23-20(19)25(24-13)14-6-9-31(27,28)12-14/h3,5,8,10,14-15H,2,4,6-7,9,11-12H2,1H3,(H,22,26)/t14-,15+/m0/s1. The highest BCUT2D eigenvalue weighted by molar-refractivity contribution is 7.91. The third-order valence-corrected chi connectivity index (χ3v) is 8.57. The van der Waals surface area contributed by atoms with Crippen molar-refractivity contribution < 1.29 is 17.9 Å². The van der Waals surface area contributed by atoms with E-state index in [1.807, 2.05) is 30.5 Å². The van der Waals surface area contributed by atoms with Gasteiger partial charge in [0.25, 0.3) is 5.91 Å². The first kappa shape index (κ1) is 20.6. The Kier molecular flexibility index (Phi) is 5.31. The van der Waals surface area contributed by atoms with Gasteiger partial charge in [-0.1, -0.05) is 6.07 Å². The second-order valence-electron chi connectivity index (χ2n) is 8.16. The van der Waals surface area contributed by atoms with Gasteiger partial charge >= 0.3 is 0 Å². The molecule has 0 unspecified atom stereocenters. The van der Waals surface area contributed by atoms with E-state index in [1.54, 1.807) is 16.0 Å². The van der Waals surface area contributed by atoms with E-state index in [4.69, 9.17) is 9.72 Å². The number of rotatable bonds is 5. The van der Waals surface area contributed by atoms with Gasteiger partial charge < -0.3 is 10.1 Å². The van der Waals surface area contributed by atoms with E-state index in [1.165, 1.54) is 0 Å². The fraction of sp³-hybridized carbons (Fsp3) is 0.476. The normalized spacial score (nSPS) is 22.9. The average Bonchev–Trinajstić information content (AvgIpc) is 3.53. The first-order valence-corrected chi connectivity index (χ1v) is 13.2. The third kappa shape index (κ3) is 3.99. The summed E-state index contributed by atoms with van der Waals surface area (Å²) in [6.07, 6.45) is 2.51. The smallest absolute Gasteiger partial charge is 0.252 e. The Morgan fingerprint density at radius 2 is 2.26 bits per heavy atom. The van der Waals surface area contributed by atoms with Gasteiger partial charge in [-0.2, -0.15) is 5.10 Å². The van der Waals surface area contributed by atoms with Gasteiger partial charge in [-0.3, -0.25) is 4.79 Å². The van der Waals surface area contributed by atoms with E-state index in [0.29, 0.717) is 41.0 Å². The molecule has 1 N–H and O–H groups in total. The second kappa shape index (κ2) is 7.99. The van der Waals surface area contributed by atoms with Crippen molar-refractivity contribution in [2.45, 2.75) is 38.3 Å². The first-order chi connectivity index (χ1) is 14.9. The number of carbonyl (C=O) groups is 1. The van der Waals surface area contributed by atoms with E-state index >= 15 is 0 Å². The third-order valence-electron chi connectivity index (χ3n) is 5.92. The fourth-order valence-electron chi connectivity index (χ4n) is 4.37. The summed E-state index contributed by atoms with van der Waals surface area (Å²) in [6, 6.07) is 5.44. The average molecular weight is 461 g/mol. The van der Waals surface area contributed by atoms with Crippen LogP contribution < -0.4 is 5.32 Å². The van der Waals surface area contributed by atoms with Crippen LogP contribution in [0.25, 0.3) is 21.6 Å². The van der Waals surface area contributed by atoms with Gasteiger partial charge in [0.2, 0.25) is 0 Å². The number of hydrogen-bond acceptors (Lipinski definition) is 7. The molecule has 0 aromatic carbocycles. The summed E-state index contributed by atoms with van der Waals surface area (Å²) >= 11 is 1.54. The summed E-state index contributed by atoms with van der Waals surface area (Å²) in [6.45, 7) is 3.04. The molecule has 3 aromatic heterocycles. The summed E-state index contributed by atoms with van der Waals surface area (Å²) in [5, 5.41) is 10.3. The van der Waals surface area contributed by atoms with Crippen LogP contribution in [0.3, 0.4) is 0 Å². The minimum Gasteiger partial charge on any atom is -0.376 e. The molecular formula is C21H24N4O4S2. The van der Waals surface area contributed by atoms with Gasteiger partial charge in [0.05, 0.1) is 50.9 Å². The van der Waals surface area contributed by atoms with E-state index in [0.717, 1.165) is 24.3 Å². The lowest BCUT2D eigenvalue weighted by atomic mass is 10.1. The van der Waals surface area contributed by atoms with Crippen LogP contribution in [0, 0.1) is 6.92 Å². The van der Waals surface area contributed by atoms with Crippen molar-refractivity contribution in [2.75, 3.05) is 24.7 Å². The van der Waals surface area contributed by atoms with Crippen molar-refractivity contribution in [1.82, 2.24) is 20.1 Å². The molecule has 164 valence electrons. The molecule has 5 rings (SSSR count). The van der Waals surface area contributed by atoms with Crippen molar-refractivity contribution in [3.8, 4) is 10.6 Å². The Labute approximate surface area is 184 Å². The maximum Gasteiger partial charge on any atom is 0.252 e. The van der Waals surface area contributed by atoms with E-state index in [-0.39, 0.29) is 29.6 Å². The summed E-state index contributed by atoms with van der Waals surface area (Å²) in [5.74, 6) is 0.00827. The molecule has 0 radical (unpaired) electrons. The highest BCUT2D eigenvalue weighted by Gasteiger charge is 2.32. The number of ether oxygens (including phenoxy) is 1. The van der Waals surface area contributed by atoms with Crippen LogP contribution in [0.5, 0.6) is 0 Å². The van der Waals surface area contributed by atoms with Crippen molar-refractivity contribution in [1.29, 1.82) is 0 Å². The monoisotopic (exact) mass is 460 g/mol. The molecule has 2 aliphatic rings. The molecule has 1 amide bonds. The topological polar surface area (TPSA) is 103 Å². The predicted octanol–water partition coefficient (Wildman–Crippen LogP) is 2.74. The Bertz CT molecular complexity index is 1230. The van der Waals surface area contributed by atoms with Gasteiger partial charge in [0.1, 0.15) is 0 Å². The number of sulfone groups is 1. The zero-order chi connectivity index (χ0) is 21.6. The summed E-state index contributed by atoms with van der Waals surface area (Å²) < 4.78 is 31.5. The van der Waals surface area contributed by atoms with Crippen LogP contribution >= 0.6 is 11.3 Å². The molecular weight excluding hydrogens is 436 g/mol. The number of thiophene rings is 1. The largest absolute Gasteiger partial charge is 0.376 e. The zero-order valence-corrected chi connectivity index (χ0v) is 18.8. The van der Waals surface area contributed by atoms with Crippen LogP contribution in [0.1, 0.15) is 41.4 Å². The molecule has 10 heteroatoms. The van der Waals surface area contributed by atoms with Crippen molar-refractivity contribution in [3.05, 3.63) is 34.8 Å². The number of amides is 1. The Balaban J connectivity index is 1.59. The van der Waals surface area contributed by atoms with Gasteiger partial charge in [0.15, 0.2) is 15.5 Å². The maximum absolute atomic E-state index is 13.2. The number of aryl methyl sites for hydroxylation is 1. The molecule has 2 saturated heterocycles. The molecule has 2 atom stereocenters. The number of aromatic nitrogens is 3. The van der Waals surface area contributed by atoms with Crippen LogP contribution in [-0.4, -0.2) is 59.9 Å². The number of pyridine rings is 1. The number of nitrogens with zero attached hydrogens (tertiary/aromatic N) is 3. The quantitative estimate of drug-likeness (QED) is 0.628. The minimum atomic E-state index is -3.08. The zero-order valence-electron chi connectivity index (χ0n) is 17.2. The molecule has 8 nitrogen and oxygen atoms in total. The van der Waals surface area contributed by atoms with Crippen LogP contribution in [0.15, 0.2) is 23.6 Å². The van der Waals surface area contributed by atoms with Crippen molar-refractivity contribution in [3.63, 3.8) is 0 Å². The molecule has 2 aliphatic heterocycles. The Hall–Kier alpha value is -2.30. The fourth-order valence-corrected chi connectivity index (χ4v) is 6.75. The van der Waals surface area contributed by atoms with Crippen LogP contribution in [0.2, 0.25) is 0 Å². The van der Waals surface area contributed by atoms with E-state index in [9.17, 15) is 13.2 Å². The highest BCUT2D eigenvalue weighted by Crippen LogP contribution is 2.33. The lowest BCUT2D eigenvalue weighted by molar-refractivity contribution is 0.0859. The Morgan fingerprint density at radius 1 is 1.39 bits per heavy atom. The van der Waals surface area contributed by atoms with Crippen LogP contribution in [-0.2, 0) is 14.6 Å². The molecule has 0 saturated carbocycles. The molecule has 5 heterocycles. The number of fused-ring (bicyclic) bond motifs is 1. The summed E-state index contributed by atoms with van der Waals surface area (Å²) in [7, 11) is -3.08. The van der Waals surface area contributed by atoms with E-state index < -0.39 is 9.84 Å². The number of hydrogen-bond donors (Lipinski definition) is 1. The van der Waals surface area contributed by atoms with Gasteiger partial charge in [-0.25, -0.2) is 18.1 Å². The SMILES string of the molecule is Cc1nn([C@H]2CCS(=O)(=O)C2)c2nc(-c3cccs3)cc(C(=O)NC[C@H]3CCCO3)c12. The molecule has 2 fully saturated rings. The van der Waals surface area contributed by atoms with Gasteiger partial charge in [0, 0.05) is 13.2 Å². The van der Waals surface area contributed by atoms with Gasteiger partial charge in [-0.15, -0.1) is 11.3 Å². The van der Waals surface area contributed by atoms with Crippen molar-refractivity contribution in [2.24, 2.45) is 0 Å².